The van der Waals surface area contributed by atoms with E-state index in [0.29, 0.717) is 6.04 Å². The Morgan fingerprint density at radius 3 is 2.89 bits per heavy atom. The van der Waals surface area contributed by atoms with Crippen LogP contribution in [0.3, 0.4) is 0 Å². The van der Waals surface area contributed by atoms with E-state index in [1.54, 1.807) is 0 Å². The molecule has 1 aromatic carbocycles. The first-order valence-electron chi connectivity index (χ1n) is 9.86. The van der Waals surface area contributed by atoms with Crippen LogP contribution in [0, 0.1) is 0 Å². The van der Waals surface area contributed by atoms with Gasteiger partial charge in [-0.2, -0.15) is 0 Å². The molecule has 0 fully saturated rings. The Bertz CT molecular complexity index is 894. The van der Waals surface area contributed by atoms with Crippen LogP contribution in [0.1, 0.15) is 30.2 Å². The predicted molar refractivity (Wildman–Crippen MR) is 110 cm³/mol. The zero-order valence-electron chi connectivity index (χ0n) is 15.9. The Balaban J connectivity index is 1.37. The van der Waals surface area contributed by atoms with Crippen LogP contribution in [0.4, 0.5) is 0 Å². The lowest BCUT2D eigenvalue weighted by Crippen LogP contribution is -2.45. The molecule has 0 aliphatic heterocycles. The molecule has 1 aliphatic rings. The monoisotopic (exact) mass is 361 g/mol. The molecule has 0 radical (unpaired) electrons. The highest BCUT2D eigenvalue weighted by atomic mass is 15.2. The van der Waals surface area contributed by atoms with Crippen molar-refractivity contribution in [2.75, 3.05) is 13.1 Å². The van der Waals surface area contributed by atoms with Gasteiger partial charge in [0, 0.05) is 37.9 Å². The van der Waals surface area contributed by atoms with Crippen molar-refractivity contribution >= 4 is 11.6 Å². The summed E-state index contributed by atoms with van der Waals surface area (Å²) in [6.45, 7) is 3.70. The molecule has 1 unspecified atom stereocenters. The second kappa shape index (κ2) is 8.25. The number of hydrogen-bond donors (Lipinski definition) is 2. The number of aromatic nitrogens is 2. The number of pyridine rings is 1. The van der Waals surface area contributed by atoms with Crippen LogP contribution >= 0.6 is 0 Å². The van der Waals surface area contributed by atoms with Crippen molar-refractivity contribution in [2.24, 2.45) is 4.99 Å². The quantitative estimate of drug-likeness (QED) is 0.543. The molecule has 1 atom stereocenters. The van der Waals surface area contributed by atoms with Crippen LogP contribution in [0.15, 0.2) is 59.9 Å². The van der Waals surface area contributed by atoms with Gasteiger partial charge in [0.25, 0.3) is 0 Å². The standard InChI is InChI=1S/C22H27N5/c1-2-23-22(26-19-11-10-17-7-3-4-8-18(17)15-19)24-13-12-20-16-27-14-6-5-9-21(27)25-20/h3-9,14,16,19H,2,10-13,15H2,1H3,(H2,23,24,26). The molecule has 1 aliphatic carbocycles. The van der Waals surface area contributed by atoms with E-state index in [1.165, 1.54) is 11.1 Å². The zero-order valence-corrected chi connectivity index (χ0v) is 15.9. The Hall–Kier alpha value is -2.82. The maximum atomic E-state index is 4.77. The van der Waals surface area contributed by atoms with E-state index in [-0.39, 0.29) is 0 Å². The number of aliphatic imine (C=N–C) groups is 1. The topological polar surface area (TPSA) is 53.7 Å². The van der Waals surface area contributed by atoms with Gasteiger partial charge in [0.1, 0.15) is 5.65 Å². The van der Waals surface area contributed by atoms with Crippen LogP contribution in [-0.4, -0.2) is 34.5 Å². The van der Waals surface area contributed by atoms with Gasteiger partial charge >= 0.3 is 0 Å². The number of imidazole rings is 1. The maximum Gasteiger partial charge on any atom is 0.191 e. The number of fused-ring (bicyclic) bond motifs is 2. The lowest BCUT2D eigenvalue weighted by molar-refractivity contribution is 0.520. The lowest BCUT2D eigenvalue weighted by Gasteiger charge is -2.27. The van der Waals surface area contributed by atoms with Crippen molar-refractivity contribution in [2.45, 2.75) is 38.6 Å². The van der Waals surface area contributed by atoms with E-state index in [4.69, 9.17) is 4.99 Å². The first-order chi connectivity index (χ1) is 13.3. The SMILES string of the molecule is CCNC(=NCCc1cn2ccccc2n1)NC1CCc2ccccc2C1. The number of rotatable bonds is 5. The van der Waals surface area contributed by atoms with Gasteiger partial charge in [0.15, 0.2) is 5.96 Å². The Labute approximate surface area is 160 Å². The van der Waals surface area contributed by atoms with Gasteiger partial charge in [-0.25, -0.2) is 4.98 Å². The molecule has 0 saturated heterocycles. The third-order valence-electron chi connectivity index (χ3n) is 5.08. The van der Waals surface area contributed by atoms with Gasteiger partial charge in [0.05, 0.1) is 5.69 Å². The Morgan fingerprint density at radius 2 is 2.04 bits per heavy atom. The lowest BCUT2D eigenvalue weighted by atomic mass is 9.88. The second-order valence-electron chi connectivity index (χ2n) is 7.06. The van der Waals surface area contributed by atoms with Gasteiger partial charge in [-0.15, -0.1) is 0 Å². The van der Waals surface area contributed by atoms with Gasteiger partial charge < -0.3 is 15.0 Å². The molecule has 27 heavy (non-hydrogen) atoms. The molecule has 0 saturated carbocycles. The minimum absolute atomic E-state index is 0.438. The molecule has 2 aromatic heterocycles. The molecule has 5 nitrogen and oxygen atoms in total. The molecule has 0 bridgehead atoms. The first kappa shape index (κ1) is 17.6. The molecule has 4 rings (SSSR count). The minimum Gasteiger partial charge on any atom is -0.357 e. The van der Waals surface area contributed by atoms with Crippen LogP contribution < -0.4 is 10.6 Å². The van der Waals surface area contributed by atoms with E-state index in [1.807, 2.05) is 24.4 Å². The number of guanidine groups is 1. The first-order valence-corrected chi connectivity index (χ1v) is 9.86. The van der Waals surface area contributed by atoms with Crippen molar-refractivity contribution in [3.8, 4) is 0 Å². The molecule has 140 valence electrons. The average Bonchev–Trinajstić information content (AvgIpc) is 3.11. The highest BCUT2D eigenvalue weighted by Crippen LogP contribution is 2.20. The number of aryl methyl sites for hydroxylation is 1. The number of hydrogen-bond acceptors (Lipinski definition) is 2. The van der Waals surface area contributed by atoms with Crippen LogP contribution in [0.2, 0.25) is 0 Å². The van der Waals surface area contributed by atoms with Crippen molar-refractivity contribution < 1.29 is 0 Å². The fourth-order valence-corrected chi connectivity index (χ4v) is 3.72. The molecule has 2 N–H and O–H groups in total. The molecule has 0 spiro atoms. The summed E-state index contributed by atoms with van der Waals surface area (Å²) in [6.07, 6.45) is 8.30. The predicted octanol–water partition coefficient (Wildman–Crippen LogP) is 2.99. The van der Waals surface area contributed by atoms with Crippen molar-refractivity contribution in [1.82, 2.24) is 20.0 Å². The second-order valence-corrected chi connectivity index (χ2v) is 7.06. The van der Waals surface area contributed by atoms with Crippen molar-refractivity contribution in [3.05, 3.63) is 71.7 Å². The average molecular weight is 361 g/mol. The summed E-state index contributed by atoms with van der Waals surface area (Å²) in [4.78, 5) is 9.42. The van der Waals surface area contributed by atoms with Gasteiger partial charge in [-0.3, -0.25) is 4.99 Å². The largest absolute Gasteiger partial charge is 0.357 e. The van der Waals surface area contributed by atoms with Gasteiger partial charge in [-0.05, 0) is 49.4 Å². The fourth-order valence-electron chi connectivity index (χ4n) is 3.72. The summed E-state index contributed by atoms with van der Waals surface area (Å²) in [7, 11) is 0. The van der Waals surface area contributed by atoms with Crippen molar-refractivity contribution in [3.63, 3.8) is 0 Å². The van der Waals surface area contributed by atoms with E-state index < -0.39 is 0 Å². The number of nitrogens with zero attached hydrogens (tertiary/aromatic N) is 3. The molecule has 2 heterocycles. The van der Waals surface area contributed by atoms with E-state index >= 15 is 0 Å². The normalized spacial score (nSPS) is 16.9. The summed E-state index contributed by atoms with van der Waals surface area (Å²) in [5.41, 5.74) is 5.01. The molecule has 5 heteroatoms. The maximum absolute atomic E-state index is 4.77. The third kappa shape index (κ3) is 4.30. The highest BCUT2D eigenvalue weighted by molar-refractivity contribution is 5.80. The summed E-state index contributed by atoms with van der Waals surface area (Å²) in [5, 5.41) is 7.00. The Morgan fingerprint density at radius 1 is 1.19 bits per heavy atom. The fraction of sp³-hybridized carbons (Fsp3) is 0.364. The summed E-state index contributed by atoms with van der Waals surface area (Å²) < 4.78 is 2.06. The zero-order chi connectivity index (χ0) is 18.5. The Kier molecular flexibility index (Phi) is 5.37. The van der Waals surface area contributed by atoms with Crippen LogP contribution in [-0.2, 0) is 19.3 Å². The number of benzene rings is 1. The van der Waals surface area contributed by atoms with E-state index in [9.17, 15) is 0 Å². The molecular weight excluding hydrogens is 334 g/mol. The van der Waals surface area contributed by atoms with Crippen molar-refractivity contribution in [1.29, 1.82) is 0 Å². The minimum atomic E-state index is 0.438. The summed E-state index contributed by atoms with van der Waals surface area (Å²) in [6, 6.07) is 15.3. The molecule has 0 amide bonds. The molecular formula is C22H27N5. The molecule has 3 aromatic rings. The highest BCUT2D eigenvalue weighted by Gasteiger charge is 2.18. The summed E-state index contributed by atoms with van der Waals surface area (Å²) in [5.74, 6) is 0.908. The van der Waals surface area contributed by atoms with Crippen LogP contribution in [0.5, 0.6) is 0 Å². The van der Waals surface area contributed by atoms with Crippen LogP contribution in [0.25, 0.3) is 5.65 Å². The smallest absolute Gasteiger partial charge is 0.191 e. The van der Waals surface area contributed by atoms with E-state index in [2.05, 4.69) is 57.4 Å². The van der Waals surface area contributed by atoms with Gasteiger partial charge in [-0.1, -0.05) is 30.3 Å². The van der Waals surface area contributed by atoms with E-state index in [0.717, 1.165) is 56.1 Å². The number of nitrogens with one attached hydrogen (secondary N) is 2. The summed E-state index contributed by atoms with van der Waals surface area (Å²) >= 11 is 0. The van der Waals surface area contributed by atoms with Gasteiger partial charge in [0.2, 0.25) is 0 Å². The third-order valence-corrected chi connectivity index (χ3v) is 5.08.